The normalized spacial score (nSPS) is 45.5. The second kappa shape index (κ2) is 7.95. The van der Waals surface area contributed by atoms with E-state index in [1.807, 2.05) is 12.1 Å². The lowest BCUT2D eigenvalue weighted by Crippen LogP contribution is -2.61. The van der Waals surface area contributed by atoms with Crippen LogP contribution < -0.4 is 4.74 Å². The van der Waals surface area contributed by atoms with Crippen molar-refractivity contribution in [1.82, 2.24) is 0 Å². The van der Waals surface area contributed by atoms with E-state index in [0.717, 1.165) is 38.5 Å². The number of carbonyl (C=O) groups is 1. The molecule has 32 heavy (non-hydrogen) atoms. The zero-order valence-electron chi connectivity index (χ0n) is 18.1. The fourth-order valence-corrected chi connectivity index (χ4v) is 6.89. The molecule has 0 radical (unpaired) electrons. The number of fused-ring (bicyclic) bond motifs is 5. The monoisotopic (exact) mass is 448 g/mol. The van der Waals surface area contributed by atoms with Crippen LogP contribution in [0.2, 0.25) is 0 Å². The maximum atomic E-state index is 11.3. The Morgan fingerprint density at radius 3 is 2.59 bits per heavy atom. The Bertz CT molecular complexity index is 889. The number of ether oxygens (including phenoxy) is 2. The topological polar surface area (TPSA) is 137 Å². The molecule has 5 N–H and O–H groups in total. The van der Waals surface area contributed by atoms with Gasteiger partial charge in [-0.1, -0.05) is 13.0 Å². The third-order valence-electron chi connectivity index (χ3n) is 8.71. The molecule has 0 amide bonds. The third-order valence-corrected chi connectivity index (χ3v) is 8.71. The lowest BCUT2D eigenvalue weighted by Gasteiger charge is -2.50. The molecule has 1 aromatic rings. The number of carboxylic acids is 1. The van der Waals surface area contributed by atoms with E-state index in [9.17, 15) is 30.3 Å². The Kier molecular flexibility index (Phi) is 5.49. The van der Waals surface area contributed by atoms with Gasteiger partial charge in [-0.05, 0) is 85.0 Å². The van der Waals surface area contributed by atoms with Crippen molar-refractivity contribution in [3.63, 3.8) is 0 Å². The number of aliphatic carboxylic acids is 1. The highest BCUT2D eigenvalue weighted by Crippen LogP contribution is 2.60. The van der Waals surface area contributed by atoms with Crippen LogP contribution in [-0.2, 0) is 16.0 Å². The minimum Gasteiger partial charge on any atom is -0.479 e. The summed E-state index contributed by atoms with van der Waals surface area (Å²) in [5.74, 6) is 0.570. The summed E-state index contributed by atoms with van der Waals surface area (Å²) in [5, 5.41) is 49.8. The molecule has 1 heterocycles. The van der Waals surface area contributed by atoms with Gasteiger partial charge in [0.05, 0.1) is 6.10 Å². The molecule has 4 aliphatic rings. The van der Waals surface area contributed by atoms with Crippen molar-refractivity contribution >= 4 is 5.97 Å². The first-order valence-corrected chi connectivity index (χ1v) is 11.6. The number of hydrogen-bond donors (Lipinski definition) is 5. The predicted molar refractivity (Wildman–Crippen MR) is 112 cm³/mol. The van der Waals surface area contributed by atoms with E-state index < -0.39 is 36.7 Å². The van der Waals surface area contributed by atoms with Gasteiger partial charge in [0.25, 0.3) is 0 Å². The number of rotatable bonds is 3. The number of carboxylic acid groups (broad SMARTS) is 1. The van der Waals surface area contributed by atoms with Gasteiger partial charge in [0.2, 0.25) is 6.29 Å². The van der Waals surface area contributed by atoms with E-state index in [0.29, 0.717) is 23.5 Å². The van der Waals surface area contributed by atoms with Gasteiger partial charge in [0.15, 0.2) is 6.10 Å². The molecule has 0 spiro atoms. The smallest absolute Gasteiger partial charge is 0.335 e. The van der Waals surface area contributed by atoms with Crippen LogP contribution in [0.5, 0.6) is 5.75 Å². The second-order valence-electron chi connectivity index (χ2n) is 10.3. The molecule has 8 nitrogen and oxygen atoms in total. The molecule has 1 aliphatic heterocycles. The molecule has 3 aliphatic carbocycles. The van der Waals surface area contributed by atoms with Crippen LogP contribution in [0, 0.1) is 17.3 Å². The van der Waals surface area contributed by atoms with Crippen molar-refractivity contribution in [3.05, 3.63) is 29.3 Å². The Morgan fingerprint density at radius 1 is 1.06 bits per heavy atom. The van der Waals surface area contributed by atoms with Crippen molar-refractivity contribution in [2.24, 2.45) is 17.3 Å². The maximum absolute atomic E-state index is 11.3. The molecule has 2 saturated carbocycles. The molecule has 0 bridgehead atoms. The Balaban J connectivity index is 1.34. The third kappa shape index (κ3) is 3.35. The number of aliphatic hydroxyl groups is 4. The first-order chi connectivity index (χ1) is 15.2. The highest BCUT2D eigenvalue weighted by molar-refractivity contribution is 5.73. The van der Waals surface area contributed by atoms with Gasteiger partial charge in [-0.2, -0.15) is 0 Å². The highest BCUT2D eigenvalue weighted by Gasteiger charge is 2.54. The van der Waals surface area contributed by atoms with Crippen LogP contribution >= 0.6 is 0 Å². The molecular formula is C24H32O8. The van der Waals surface area contributed by atoms with Gasteiger partial charge < -0.3 is 35.0 Å². The number of aryl methyl sites for hydroxylation is 1. The first-order valence-electron chi connectivity index (χ1n) is 11.6. The average molecular weight is 449 g/mol. The zero-order chi connectivity index (χ0) is 22.8. The lowest BCUT2D eigenvalue weighted by molar-refractivity contribution is -0.271. The van der Waals surface area contributed by atoms with Crippen molar-refractivity contribution in [2.75, 3.05) is 0 Å². The molecule has 2 unspecified atom stereocenters. The lowest BCUT2D eigenvalue weighted by atomic mass is 9.55. The standard InChI is InChI=1S/C24H32O8/c1-24-9-8-14-13-5-3-12(10-11(13)2-4-15(14)16(24)6-7-17(24)25)31-23-20(28)18(26)19(27)21(32-23)22(29)30/h3,5,10,14-21,23,25-28H,2,4,6-9H2,1H3,(H,29,30)/t14-,15-,16+,17+,18-,19+,20?,21?,23+,24+/m1/s1. The minimum atomic E-state index is -1.74. The molecule has 176 valence electrons. The van der Waals surface area contributed by atoms with Crippen molar-refractivity contribution in [2.45, 2.75) is 88.2 Å². The quantitative estimate of drug-likeness (QED) is 0.465. The van der Waals surface area contributed by atoms with Crippen molar-refractivity contribution in [3.8, 4) is 5.75 Å². The van der Waals surface area contributed by atoms with Crippen LogP contribution in [0.1, 0.15) is 56.1 Å². The molecule has 10 atom stereocenters. The van der Waals surface area contributed by atoms with E-state index in [4.69, 9.17) is 9.47 Å². The van der Waals surface area contributed by atoms with Crippen LogP contribution in [0.15, 0.2) is 18.2 Å². The Morgan fingerprint density at radius 2 is 1.84 bits per heavy atom. The van der Waals surface area contributed by atoms with Crippen molar-refractivity contribution < 1.29 is 39.8 Å². The fraction of sp³-hybridized carbons (Fsp3) is 0.708. The summed E-state index contributed by atoms with van der Waals surface area (Å²) in [5.41, 5.74) is 2.51. The Hall–Kier alpha value is -1.71. The molecule has 1 saturated heterocycles. The summed E-state index contributed by atoms with van der Waals surface area (Å²) < 4.78 is 11.0. The van der Waals surface area contributed by atoms with Gasteiger partial charge >= 0.3 is 5.97 Å². The van der Waals surface area contributed by atoms with Crippen LogP contribution in [0.3, 0.4) is 0 Å². The number of hydrogen-bond acceptors (Lipinski definition) is 7. The molecule has 1 aromatic carbocycles. The zero-order valence-corrected chi connectivity index (χ0v) is 18.1. The molecule has 8 heteroatoms. The molecule has 3 fully saturated rings. The summed E-state index contributed by atoms with van der Waals surface area (Å²) in [7, 11) is 0. The van der Waals surface area contributed by atoms with Gasteiger partial charge in [0.1, 0.15) is 24.1 Å². The second-order valence-corrected chi connectivity index (χ2v) is 10.3. The number of aliphatic hydroxyl groups excluding tert-OH is 4. The average Bonchev–Trinajstić information content (AvgIpc) is 3.08. The van der Waals surface area contributed by atoms with Gasteiger partial charge in [0, 0.05) is 0 Å². The Labute approximate surface area is 186 Å². The largest absolute Gasteiger partial charge is 0.479 e. The maximum Gasteiger partial charge on any atom is 0.335 e. The summed E-state index contributed by atoms with van der Waals surface area (Å²) in [6, 6.07) is 5.75. The van der Waals surface area contributed by atoms with Crippen LogP contribution in [-0.4, -0.2) is 68.3 Å². The summed E-state index contributed by atoms with van der Waals surface area (Å²) in [4.78, 5) is 11.3. The highest BCUT2D eigenvalue weighted by atomic mass is 16.7. The van der Waals surface area contributed by atoms with Gasteiger partial charge in [-0.25, -0.2) is 4.79 Å². The molecule has 5 rings (SSSR count). The number of benzene rings is 1. The predicted octanol–water partition coefficient (Wildman–Crippen LogP) is 1.17. The van der Waals surface area contributed by atoms with Crippen LogP contribution in [0.4, 0.5) is 0 Å². The van der Waals surface area contributed by atoms with E-state index in [-0.39, 0.29) is 11.5 Å². The molecule has 0 aromatic heterocycles. The van der Waals surface area contributed by atoms with Gasteiger partial charge in [-0.3, -0.25) is 0 Å². The summed E-state index contributed by atoms with van der Waals surface area (Å²) in [6.45, 7) is 2.25. The fourth-order valence-electron chi connectivity index (χ4n) is 6.89. The van der Waals surface area contributed by atoms with Crippen LogP contribution in [0.25, 0.3) is 0 Å². The van der Waals surface area contributed by atoms with E-state index in [1.54, 1.807) is 6.07 Å². The SMILES string of the molecule is C[C@]12CC[C@@H]3c4ccc(O[C@H]5OC(C(=O)O)[C@@H](O)[C@@H](O)C5O)cc4CC[C@H]3[C@@H]1CC[C@@H]2O. The first kappa shape index (κ1) is 22.1. The van der Waals surface area contributed by atoms with E-state index in [2.05, 4.69) is 6.92 Å². The summed E-state index contributed by atoms with van der Waals surface area (Å²) in [6.07, 6.45) is -2.28. The minimum absolute atomic E-state index is 0.0300. The van der Waals surface area contributed by atoms with Crippen molar-refractivity contribution in [1.29, 1.82) is 0 Å². The molecular weight excluding hydrogens is 416 g/mol. The summed E-state index contributed by atoms with van der Waals surface area (Å²) >= 11 is 0. The van der Waals surface area contributed by atoms with E-state index in [1.165, 1.54) is 11.1 Å². The van der Waals surface area contributed by atoms with Gasteiger partial charge in [-0.15, -0.1) is 0 Å². The van der Waals surface area contributed by atoms with E-state index >= 15 is 0 Å².